The molecule has 5 heteroatoms. The van der Waals surface area contributed by atoms with Crippen molar-refractivity contribution in [3.63, 3.8) is 0 Å². The molecule has 0 saturated heterocycles. The first-order chi connectivity index (χ1) is 13.2. The minimum atomic E-state index is -0.273. The lowest BCUT2D eigenvalue weighted by Crippen LogP contribution is -2.24. The molecular weight excluding hydrogens is 341 g/mol. The van der Waals surface area contributed by atoms with E-state index in [4.69, 9.17) is 0 Å². The van der Waals surface area contributed by atoms with E-state index in [-0.39, 0.29) is 11.7 Å². The van der Waals surface area contributed by atoms with E-state index in [2.05, 4.69) is 10.4 Å². The van der Waals surface area contributed by atoms with Gasteiger partial charge in [0.05, 0.1) is 11.4 Å². The zero-order valence-electron chi connectivity index (χ0n) is 14.9. The van der Waals surface area contributed by atoms with E-state index < -0.39 is 0 Å². The fourth-order valence-electron chi connectivity index (χ4n) is 4.54. The summed E-state index contributed by atoms with van der Waals surface area (Å²) in [6.45, 7) is 0.478. The van der Waals surface area contributed by atoms with Crippen molar-refractivity contribution in [2.24, 2.45) is 0 Å². The van der Waals surface area contributed by atoms with Crippen LogP contribution in [-0.2, 0) is 6.54 Å². The molecule has 1 fully saturated rings. The van der Waals surface area contributed by atoms with E-state index >= 15 is 0 Å². The predicted octanol–water partition coefficient (Wildman–Crippen LogP) is 4.31. The van der Waals surface area contributed by atoms with Crippen LogP contribution >= 0.6 is 0 Å². The van der Waals surface area contributed by atoms with Gasteiger partial charge in [-0.05, 0) is 55.0 Å². The van der Waals surface area contributed by atoms with Crippen LogP contribution in [0.3, 0.4) is 0 Å². The van der Waals surface area contributed by atoms with Gasteiger partial charge in [0.25, 0.3) is 5.91 Å². The number of rotatable bonds is 4. The van der Waals surface area contributed by atoms with Crippen LogP contribution in [0.15, 0.2) is 54.6 Å². The van der Waals surface area contributed by atoms with Crippen LogP contribution in [0.4, 0.5) is 4.39 Å². The van der Waals surface area contributed by atoms with Crippen LogP contribution < -0.4 is 5.32 Å². The SMILES string of the molecule is O=C(NCc1ccccc1)c1nn(-c2ccc(F)cc2)c2c1[C@H]1CC[C@H]2C1. The number of carbonyl (C=O) groups is 1. The second-order valence-corrected chi connectivity index (χ2v) is 7.41. The fourth-order valence-corrected chi connectivity index (χ4v) is 4.54. The highest BCUT2D eigenvalue weighted by molar-refractivity contribution is 5.94. The summed E-state index contributed by atoms with van der Waals surface area (Å²) < 4.78 is 15.2. The smallest absolute Gasteiger partial charge is 0.272 e. The molecule has 1 amide bonds. The normalized spacial score (nSPS) is 19.9. The Hall–Kier alpha value is -2.95. The van der Waals surface area contributed by atoms with Crippen LogP contribution in [0.1, 0.15) is 58.4 Å². The molecule has 0 spiro atoms. The molecular formula is C22H20FN3O. The largest absolute Gasteiger partial charge is 0.347 e. The summed E-state index contributed by atoms with van der Waals surface area (Å²) in [7, 11) is 0. The Labute approximate surface area is 157 Å². The third-order valence-corrected chi connectivity index (χ3v) is 5.77. The second kappa shape index (κ2) is 6.34. The van der Waals surface area contributed by atoms with Gasteiger partial charge in [0.2, 0.25) is 0 Å². The van der Waals surface area contributed by atoms with Gasteiger partial charge in [-0.3, -0.25) is 4.79 Å². The average molecular weight is 361 g/mol. The standard InChI is InChI=1S/C22H20FN3O/c23-17-8-10-18(11-9-17)26-21-16-7-6-15(12-16)19(21)20(25-26)22(27)24-13-14-4-2-1-3-5-14/h1-5,8-11,15-16H,6-7,12-13H2,(H,24,27)/t15-,16-/m0/s1. The molecule has 1 aromatic heterocycles. The van der Waals surface area contributed by atoms with Gasteiger partial charge < -0.3 is 5.32 Å². The number of nitrogens with one attached hydrogen (secondary N) is 1. The predicted molar refractivity (Wildman–Crippen MR) is 100 cm³/mol. The number of hydrogen-bond acceptors (Lipinski definition) is 2. The minimum Gasteiger partial charge on any atom is -0.347 e. The Kier molecular flexibility index (Phi) is 3.81. The summed E-state index contributed by atoms with van der Waals surface area (Å²) in [4.78, 5) is 12.9. The average Bonchev–Trinajstić information content (AvgIpc) is 3.40. The van der Waals surface area contributed by atoms with Gasteiger partial charge in [0.15, 0.2) is 5.69 Å². The van der Waals surface area contributed by atoms with Gasteiger partial charge in [0, 0.05) is 18.0 Å². The first-order valence-corrected chi connectivity index (χ1v) is 9.41. The molecule has 4 nitrogen and oxygen atoms in total. The first kappa shape index (κ1) is 16.2. The number of amides is 1. The van der Waals surface area contributed by atoms with Crippen LogP contribution in [0, 0.1) is 5.82 Å². The second-order valence-electron chi connectivity index (χ2n) is 7.41. The van der Waals surface area contributed by atoms with Gasteiger partial charge in [-0.15, -0.1) is 0 Å². The number of halogens is 1. The van der Waals surface area contributed by atoms with Gasteiger partial charge in [-0.1, -0.05) is 30.3 Å². The van der Waals surface area contributed by atoms with E-state index in [9.17, 15) is 9.18 Å². The maximum absolute atomic E-state index is 13.3. The number of aromatic nitrogens is 2. The molecule has 0 unspecified atom stereocenters. The highest BCUT2D eigenvalue weighted by Gasteiger charge is 2.44. The maximum Gasteiger partial charge on any atom is 0.272 e. The van der Waals surface area contributed by atoms with Crippen LogP contribution in [0.2, 0.25) is 0 Å². The lowest BCUT2D eigenvalue weighted by atomic mass is 9.95. The van der Waals surface area contributed by atoms with E-state index in [1.807, 2.05) is 35.0 Å². The summed E-state index contributed by atoms with van der Waals surface area (Å²) in [5.74, 6) is 0.448. The molecule has 2 aliphatic rings. The van der Waals surface area contributed by atoms with Crippen molar-refractivity contribution in [2.75, 3.05) is 0 Å². The Bertz CT molecular complexity index is 994. The van der Waals surface area contributed by atoms with E-state index in [1.54, 1.807) is 12.1 Å². The first-order valence-electron chi connectivity index (χ1n) is 9.41. The quantitative estimate of drug-likeness (QED) is 0.753. The van der Waals surface area contributed by atoms with Crippen LogP contribution in [0.5, 0.6) is 0 Å². The molecule has 3 aromatic rings. The summed E-state index contributed by atoms with van der Waals surface area (Å²) >= 11 is 0. The molecule has 1 N–H and O–H groups in total. The third kappa shape index (κ3) is 2.74. The molecule has 1 heterocycles. The zero-order chi connectivity index (χ0) is 18.4. The fraction of sp³-hybridized carbons (Fsp3) is 0.273. The highest BCUT2D eigenvalue weighted by Crippen LogP contribution is 2.54. The van der Waals surface area contributed by atoms with Crippen molar-refractivity contribution in [1.29, 1.82) is 0 Å². The number of hydrogen-bond donors (Lipinski definition) is 1. The van der Waals surface area contributed by atoms with Crippen LogP contribution in [-0.4, -0.2) is 15.7 Å². The van der Waals surface area contributed by atoms with Gasteiger partial charge >= 0.3 is 0 Å². The van der Waals surface area contributed by atoms with Crippen molar-refractivity contribution < 1.29 is 9.18 Å². The zero-order valence-corrected chi connectivity index (χ0v) is 14.9. The molecule has 0 aliphatic heterocycles. The molecule has 5 rings (SSSR count). The summed E-state index contributed by atoms with van der Waals surface area (Å²) in [6, 6.07) is 16.2. The Balaban J connectivity index is 1.50. The van der Waals surface area contributed by atoms with Crippen molar-refractivity contribution in [3.05, 3.63) is 82.9 Å². The Morgan fingerprint density at radius 2 is 1.81 bits per heavy atom. The van der Waals surface area contributed by atoms with Gasteiger partial charge in [-0.2, -0.15) is 5.10 Å². The number of fused-ring (bicyclic) bond motifs is 5. The summed E-state index contributed by atoms with van der Waals surface area (Å²) in [6.07, 6.45) is 3.34. The Morgan fingerprint density at radius 3 is 2.59 bits per heavy atom. The third-order valence-electron chi connectivity index (χ3n) is 5.77. The number of benzene rings is 2. The van der Waals surface area contributed by atoms with Crippen molar-refractivity contribution in [1.82, 2.24) is 15.1 Å². The monoisotopic (exact) mass is 361 g/mol. The van der Waals surface area contributed by atoms with Gasteiger partial charge in [0.1, 0.15) is 5.82 Å². The van der Waals surface area contributed by atoms with E-state index in [0.29, 0.717) is 24.1 Å². The van der Waals surface area contributed by atoms with Crippen molar-refractivity contribution in [2.45, 2.75) is 37.6 Å². The molecule has 2 atom stereocenters. The van der Waals surface area contributed by atoms with E-state index in [0.717, 1.165) is 41.8 Å². The summed E-state index contributed by atoms with van der Waals surface area (Å²) in [5.41, 5.74) is 4.63. The van der Waals surface area contributed by atoms with Crippen LogP contribution in [0.25, 0.3) is 5.69 Å². The molecule has 1 saturated carbocycles. The Morgan fingerprint density at radius 1 is 1.07 bits per heavy atom. The molecule has 2 aromatic carbocycles. The lowest BCUT2D eigenvalue weighted by molar-refractivity contribution is 0.0944. The number of carbonyl (C=O) groups excluding carboxylic acids is 1. The molecule has 27 heavy (non-hydrogen) atoms. The maximum atomic E-state index is 13.3. The molecule has 2 aliphatic carbocycles. The summed E-state index contributed by atoms with van der Waals surface area (Å²) in [5, 5.41) is 7.67. The van der Waals surface area contributed by atoms with Crippen molar-refractivity contribution >= 4 is 5.91 Å². The topological polar surface area (TPSA) is 46.9 Å². The molecule has 0 radical (unpaired) electrons. The van der Waals surface area contributed by atoms with Gasteiger partial charge in [-0.25, -0.2) is 9.07 Å². The van der Waals surface area contributed by atoms with Crippen molar-refractivity contribution in [3.8, 4) is 5.69 Å². The minimum absolute atomic E-state index is 0.136. The number of nitrogens with zero attached hydrogens (tertiary/aromatic N) is 2. The highest BCUT2D eigenvalue weighted by atomic mass is 19.1. The molecule has 2 bridgehead atoms. The lowest BCUT2D eigenvalue weighted by Gasteiger charge is -2.14. The molecule has 136 valence electrons. The van der Waals surface area contributed by atoms with E-state index in [1.165, 1.54) is 12.1 Å².